The van der Waals surface area contributed by atoms with Crippen molar-refractivity contribution >= 4 is 0 Å². The van der Waals surface area contributed by atoms with Gasteiger partial charge >= 0.3 is 0 Å². The fraction of sp³-hybridized carbons (Fsp3) is 0.441. The average Bonchev–Trinajstić information content (AvgIpc) is 4.43. The van der Waals surface area contributed by atoms with Crippen LogP contribution in [-0.4, -0.2) is 95.9 Å². The number of H-pyrrole nitrogens is 2. The number of nitrogens with zero attached hydrogens (tertiary/aromatic N) is 17. The number of aryl methyl sites for hydroxylation is 10. The number of pyridine rings is 3. The maximum atomic E-state index is 3.98. The fourth-order valence-corrected chi connectivity index (χ4v) is 3.65. The molecule has 0 unspecified atom stereocenters. The van der Waals surface area contributed by atoms with Crippen molar-refractivity contribution in [2.24, 2.45) is 7.05 Å². The zero-order chi connectivity index (χ0) is 69.0. The van der Waals surface area contributed by atoms with Gasteiger partial charge in [0.15, 0.2) is 0 Å². The van der Waals surface area contributed by atoms with Crippen LogP contribution in [0, 0.1) is 62.3 Å². The number of nitrogens with one attached hydrogen (secondary N) is 2. The number of rotatable bonds is 0. The van der Waals surface area contributed by atoms with Crippen LogP contribution in [0.4, 0.5) is 0 Å². The topological polar surface area (TPSA) is 243 Å². The molecule has 10 rings (SSSR count). The molecule has 87 heavy (non-hydrogen) atoms. The van der Waals surface area contributed by atoms with E-state index in [1.807, 2.05) is 293 Å². The Morgan fingerprint density at radius 3 is 0.966 bits per heavy atom. The van der Waals surface area contributed by atoms with Gasteiger partial charge in [0.2, 0.25) is 0 Å². The molecule has 10 aromatic heterocycles. The molecule has 0 radical (unpaired) electrons. The van der Waals surface area contributed by atoms with Gasteiger partial charge in [0.05, 0.1) is 35.7 Å². The number of hydrogen-bond acceptors (Lipinski definition) is 16. The van der Waals surface area contributed by atoms with E-state index < -0.39 is 0 Å². The van der Waals surface area contributed by atoms with Gasteiger partial charge in [0.25, 0.3) is 0 Å². The predicted molar refractivity (Wildman–Crippen MR) is 373 cm³/mol. The summed E-state index contributed by atoms with van der Waals surface area (Å²) in [4.78, 5) is 27.0. The van der Waals surface area contributed by atoms with Gasteiger partial charge in [-0.3, -0.25) is 19.6 Å². The summed E-state index contributed by atoms with van der Waals surface area (Å²) in [5.41, 5.74) is 8.51. The van der Waals surface area contributed by atoms with Crippen molar-refractivity contribution in [1.82, 2.24) is 95.9 Å². The van der Waals surface area contributed by atoms with Crippen molar-refractivity contribution in [3.8, 4) is 0 Å². The molecule has 488 valence electrons. The van der Waals surface area contributed by atoms with Gasteiger partial charge in [-0.15, -0.1) is 0 Å². The van der Waals surface area contributed by atoms with Crippen LogP contribution in [0.1, 0.15) is 189 Å². The summed E-state index contributed by atoms with van der Waals surface area (Å²) in [7, 11) is 1.89. The van der Waals surface area contributed by atoms with Gasteiger partial charge in [-0.25, -0.2) is 19.9 Å². The van der Waals surface area contributed by atoms with E-state index in [-0.39, 0.29) is 0 Å². The summed E-state index contributed by atoms with van der Waals surface area (Å²) in [6, 6.07) is 25.0. The van der Waals surface area contributed by atoms with Crippen LogP contribution in [-0.2, 0) is 7.05 Å². The Labute approximate surface area is 530 Å². The third kappa shape index (κ3) is 93.9. The van der Waals surface area contributed by atoms with Crippen molar-refractivity contribution < 1.29 is 0 Å². The quantitative estimate of drug-likeness (QED) is 0.143. The lowest BCUT2D eigenvalue weighted by Gasteiger charge is -1.82. The second kappa shape index (κ2) is 96.4. The van der Waals surface area contributed by atoms with Crippen molar-refractivity contribution in [2.45, 2.75) is 201 Å². The second-order valence-electron chi connectivity index (χ2n) is 13.4. The highest BCUT2D eigenvalue weighted by atomic mass is 15.3. The molecule has 19 heteroatoms. The summed E-state index contributed by atoms with van der Waals surface area (Å²) >= 11 is 0. The van der Waals surface area contributed by atoms with E-state index in [2.05, 4.69) is 91.2 Å². The molecule has 0 fully saturated rings. The van der Waals surface area contributed by atoms with Crippen molar-refractivity contribution in [3.63, 3.8) is 0 Å². The van der Waals surface area contributed by atoms with E-state index in [4.69, 9.17) is 0 Å². The van der Waals surface area contributed by atoms with E-state index in [0.717, 1.165) is 39.9 Å². The lowest BCUT2D eigenvalue weighted by molar-refractivity contribution is 0.768. The second-order valence-corrected chi connectivity index (χ2v) is 13.4. The third-order valence-corrected chi connectivity index (χ3v) is 7.04. The number of hydrogen-bond donors (Lipinski definition) is 2. The van der Waals surface area contributed by atoms with Gasteiger partial charge in [-0.2, -0.15) is 56.3 Å². The Hall–Kier alpha value is -8.74. The zero-order valence-electron chi connectivity index (χ0n) is 59.8. The molecule has 2 N–H and O–H groups in total. The van der Waals surface area contributed by atoms with E-state index >= 15 is 0 Å². The summed E-state index contributed by atoms with van der Waals surface area (Å²) < 4.78 is 1.75. The third-order valence-electron chi connectivity index (χ3n) is 7.04. The molecule has 10 heterocycles. The van der Waals surface area contributed by atoms with Crippen LogP contribution in [0.5, 0.6) is 0 Å². The van der Waals surface area contributed by atoms with Crippen molar-refractivity contribution in [1.29, 1.82) is 0 Å². The Bertz CT molecular complexity index is 2030. The maximum Gasteiger partial charge on any atom is 0.125 e. The summed E-state index contributed by atoms with van der Waals surface area (Å²) in [6.45, 7) is 57.5. The molecule has 0 aliphatic rings. The van der Waals surface area contributed by atoms with E-state index in [1.165, 1.54) is 17.5 Å². The van der Waals surface area contributed by atoms with E-state index in [1.54, 1.807) is 91.3 Å². The van der Waals surface area contributed by atoms with E-state index in [9.17, 15) is 0 Å². The first-order valence-corrected chi connectivity index (χ1v) is 30.6. The van der Waals surface area contributed by atoms with Crippen LogP contribution < -0.4 is 0 Å². The highest BCUT2D eigenvalue weighted by molar-refractivity contribution is 5.06. The first-order chi connectivity index (χ1) is 42.4. The van der Waals surface area contributed by atoms with Crippen molar-refractivity contribution in [3.05, 3.63) is 229 Å². The first-order valence-electron chi connectivity index (χ1n) is 30.6. The normalized spacial score (nSPS) is 7.43. The molecular formula is C68H121N19. The maximum absolute atomic E-state index is 3.98. The number of aromatic amines is 2. The highest BCUT2D eigenvalue weighted by Gasteiger charge is 1.80. The minimum Gasteiger partial charge on any atom is -0.276 e. The van der Waals surface area contributed by atoms with Gasteiger partial charge < -0.3 is 0 Å². The minimum absolute atomic E-state index is 0.822. The Morgan fingerprint density at radius 1 is 0.310 bits per heavy atom. The predicted octanol–water partition coefficient (Wildman–Crippen LogP) is 18.2. The molecule has 19 nitrogen and oxygen atoms in total. The smallest absolute Gasteiger partial charge is 0.125 e. The molecule has 0 saturated carbocycles. The molecule has 10 aromatic rings. The molecule has 0 saturated heterocycles. The van der Waals surface area contributed by atoms with Crippen LogP contribution in [0.2, 0.25) is 0 Å². The fourth-order valence-electron chi connectivity index (χ4n) is 3.65. The molecule has 0 atom stereocenters. The molecule has 0 aliphatic heterocycles. The van der Waals surface area contributed by atoms with Gasteiger partial charge in [-0.05, 0) is 146 Å². The number of aromatic nitrogens is 19. The highest BCUT2D eigenvalue weighted by Crippen LogP contribution is 1.90. The van der Waals surface area contributed by atoms with Crippen LogP contribution in [0.3, 0.4) is 0 Å². The van der Waals surface area contributed by atoms with Crippen LogP contribution in [0.15, 0.2) is 178 Å². The molecule has 0 spiro atoms. The first kappa shape index (κ1) is 100. The monoisotopic (exact) mass is 1200 g/mol. The molecular weight excluding hydrogens is 1080 g/mol. The van der Waals surface area contributed by atoms with Crippen LogP contribution in [0.25, 0.3) is 0 Å². The van der Waals surface area contributed by atoms with Gasteiger partial charge in [0, 0.05) is 92.8 Å². The summed E-state index contributed by atoms with van der Waals surface area (Å²) in [6.07, 6.45) is 27.7. The minimum atomic E-state index is 0.822. The Balaban J connectivity index is -0.0000000917. The van der Waals surface area contributed by atoms with Crippen molar-refractivity contribution in [2.75, 3.05) is 0 Å². The molecule has 0 bridgehead atoms. The standard InChI is InChI=1S/3C6H7N.4C5H6N2.C4H6N2.2C3H5N3.10C2H6/c1-6-2-4-7-5-3-6;1-6-3-2-4-7-5-6;1-6-4-2-3-5-7-6;1-5-2-3-6-4-7-5;1-5-2-3-6-7-4-5;1-5-6-3-2-4-7-5;1-5-3-2-4-6-7-5;1-6-4-2-3-5-6;2*1-3-2-4-6-5-3;10*1-2/h3*2-5H,1H3;4*2-4H,1H3;2-4H,1H3;2*2H,1H3,(H,4,5,6);10*1-2H3. The Morgan fingerprint density at radius 2 is 0.782 bits per heavy atom. The average molecular weight is 1200 g/mol. The van der Waals surface area contributed by atoms with Gasteiger partial charge in [-0.1, -0.05) is 151 Å². The van der Waals surface area contributed by atoms with E-state index in [0.29, 0.717) is 0 Å². The van der Waals surface area contributed by atoms with Gasteiger partial charge in [0.1, 0.15) is 12.2 Å². The molecule has 0 aromatic carbocycles. The Kier molecular flexibility index (Phi) is 111. The lowest BCUT2D eigenvalue weighted by Crippen LogP contribution is -1.83. The SMILES string of the molecule is CC.CC.CC.CC.CC.CC.CC.CC.CC.CC.Cc1ccccn1.Cc1cccnc1.Cc1cccnn1.Cc1ccncc1.Cc1ccncn1.Cc1ccnnc1.Cc1cn[nH]n1.Cc1cn[nH]n1.Cc1ncccn1.Cn1cccn1. The lowest BCUT2D eigenvalue weighted by atomic mass is 10.3. The zero-order valence-corrected chi connectivity index (χ0v) is 59.8. The summed E-state index contributed by atoms with van der Waals surface area (Å²) in [5.74, 6) is 0.822. The molecule has 0 aliphatic carbocycles. The largest absolute Gasteiger partial charge is 0.276 e. The summed E-state index contributed by atoms with van der Waals surface area (Å²) in [5, 5.41) is 37.8. The molecule has 0 amide bonds. The van der Waals surface area contributed by atoms with Crippen LogP contribution >= 0.6 is 0 Å².